The van der Waals surface area contributed by atoms with Gasteiger partial charge in [0, 0.05) is 5.69 Å². The number of likely N-dealkylation sites (N-methyl/N-ethyl adjacent to an activating group) is 1. The third-order valence-corrected chi connectivity index (χ3v) is 4.56. The maximum absolute atomic E-state index is 12.3. The smallest absolute Gasteiger partial charge is 0.328 e. The van der Waals surface area contributed by atoms with Crippen LogP contribution in [-0.2, 0) is 19.1 Å². The molecule has 2 N–H and O–H groups in total. The van der Waals surface area contributed by atoms with Crippen LogP contribution < -0.4 is 10.6 Å². The fourth-order valence-corrected chi connectivity index (χ4v) is 2.75. The van der Waals surface area contributed by atoms with Crippen molar-refractivity contribution in [2.24, 2.45) is 5.92 Å². The maximum Gasteiger partial charge on any atom is 0.328 e. The van der Waals surface area contributed by atoms with E-state index in [4.69, 9.17) is 4.74 Å². The molecule has 2 atom stereocenters. The van der Waals surface area contributed by atoms with Crippen LogP contribution in [-0.4, -0.2) is 56.0 Å². The molecule has 1 rings (SSSR count). The predicted molar refractivity (Wildman–Crippen MR) is 105 cm³/mol. The number of aryl methyl sites for hydroxylation is 2. The lowest BCUT2D eigenvalue weighted by molar-refractivity contribution is -0.146. The molecule has 27 heavy (non-hydrogen) atoms. The van der Waals surface area contributed by atoms with Crippen molar-refractivity contribution in [3.8, 4) is 0 Å². The summed E-state index contributed by atoms with van der Waals surface area (Å²) in [5.41, 5.74) is 2.76. The number of para-hydroxylation sites is 1. The summed E-state index contributed by atoms with van der Waals surface area (Å²) in [4.78, 5) is 38.0. The Kier molecular flexibility index (Phi) is 8.94. The zero-order chi connectivity index (χ0) is 20.6. The van der Waals surface area contributed by atoms with Crippen LogP contribution in [0.3, 0.4) is 0 Å². The minimum Gasteiger partial charge on any atom is -0.467 e. The van der Waals surface area contributed by atoms with E-state index in [-0.39, 0.29) is 30.8 Å². The van der Waals surface area contributed by atoms with Gasteiger partial charge in [-0.05, 0) is 37.9 Å². The largest absolute Gasteiger partial charge is 0.467 e. The Morgan fingerprint density at radius 1 is 1.11 bits per heavy atom. The first-order chi connectivity index (χ1) is 12.7. The summed E-state index contributed by atoms with van der Waals surface area (Å²) in [5, 5.41) is 5.60. The second kappa shape index (κ2) is 10.7. The van der Waals surface area contributed by atoms with Crippen LogP contribution in [0, 0.1) is 19.8 Å². The predicted octanol–water partition coefficient (Wildman–Crippen LogP) is 1.88. The SMILES string of the molecule is CC[C@@H](C)[C@H](NC(=O)CN(C)CC(=O)Nc1c(C)cccc1C)C(=O)OC. The standard InChI is InChI=1S/C20H31N3O4/c1-7-13(2)19(20(26)27-6)22-17(25)12-23(5)11-16(24)21-18-14(3)9-8-10-15(18)4/h8-10,13,19H,7,11-12H2,1-6H3,(H,21,24)(H,22,25)/t13-,19+/m1/s1. The Morgan fingerprint density at radius 2 is 1.67 bits per heavy atom. The molecule has 0 saturated carbocycles. The molecule has 150 valence electrons. The van der Waals surface area contributed by atoms with E-state index in [1.54, 1.807) is 11.9 Å². The van der Waals surface area contributed by atoms with Crippen molar-refractivity contribution in [2.45, 2.75) is 40.2 Å². The number of rotatable bonds is 9. The molecule has 0 aliphatic carbocycles. The number of anilines is 1. The highest BCUT2D eigenvalue weighted by Crippen LogP contribution is 2.19. The molecular formula is C20H31N3O4. The zero-order valence-corrected chi connectivity index (χ0v) is 17.1. The van der Waals surface area contributed by atoms with E-state index >= 15 is 0 Å². The molecule has 0 aliphatic rings. The fraction of sp³-hybridized carbons (Fsp3) is 0.550. The lowest BCUT2D eigenvalue weighted by Crippen LogP contribution is -2.49. The van der Waals surface area contributed by atoms with Crippen molar-refractivity contribution in [1.82, 2.24) is 10.2 Å². The summed E-state index contributed by atoms with van der Waals surface area (Å²) in [5.74, 6) is -1.03. The number of nitrogens with zero attached hydrogens (tertiary/aromatic N) is 1. The van der Waals surface area contributed by atoms with Crippen molar-refractivity contribution in [3.63, 3.8) is 0 Å². The quantitative estimate of drug-likeness (QED) is 0.642. The molecule has 0 spiro atoms. The summed E-state index contributed by atoms with van der Waals surface area (Å²) < 4.78 is 4.76. The monoisotopic (exact) mass is 377 g/mol. The molecule has 0 unspecified atom stereocenters. The Bertz CT molecular complexity index is 655. The number of hydrogen-bond donors (Lipinski definition) is 2. The maximum atomic E-state index is 12.3. The number of amides is 2. The second-order valence-electron chi connectivity index (χ2n) is 6.94. The van der Waals surface area contributed by atoms with Gasteiger partial charge in [0.05, 0.1) is 20.2 Å². The van der Waals surface area contributed by atoms with Gasteiger partial charge in [0.15, 0.2) is 0 Å². The summed E-state index contributed by atoms with van der Waals surface area (Å²) in [6.07, 6.45) is 0.730. The molecule has 0 aromatic heterocycles. The van der Waals surface area contributed by atoms with Gasteiger partial charge in [-0.25, -0.2) is 4.79 Å². The van der Waals surface area contributed by atoms with Gasteiger partial charge in [0.1, 0.15) is 6.04 Å². The third-order valence-electron chi connectivity index (χ3n) is 4.56. The number of hydrogen-bond acceptors (Lipinski definition) is 5. The van der Waals surface area contributed by atoms with Crippen molar-refractivity contribution in [2.75, 3.05) is 32.6 Å². The van der Waals surface area contributed by atoms with Crippen LogP contribution >= 0.6 is 0 Å². The molecule has 0 saturated heterocycles. The van der Waals surface area contributed by atoms with Crippen molar-refractivity contribution in [1.29, 1.82) is 0 Å². The van der Waals surface area contributed by atoms with Crippen LogP contribution in [0.2, 0.25) is 0 Å². The van der Waals surface area contributed by atoms with E-state index in [0.29, 0.717) is 0 Å². The molecule has 0 fully saturated rings. The second-order valence-corrected chi connectivity index (χ2v) is 6.94. The Hall–Kier alpha value is -2.41. The molecular weight excluding hydrogens is 346 g/mol. The minimum absolute atomic E-state index is 0.00407. The Labute approximate surface area is 161 Å². The number of carbonyl (C=O) groups excluding carboxylic acids is 3. The number of esters is 1. The first kappa shape index (κ1) is 22.6. The van der Waals surface area contributed by atoms with Crippen LogP contribution in [0.25, 0.3) is 0 Å². The normalized spacial score (nSPS) is 13.0. The Morgan fingerprint density at radius 3 is 2.19 bits per heavy atom. The number of ether oxygens (including phenoxy) is 1. The van der Waals surface area contributed by atoms with Crippen molar-refractivity contribution in [3.05, 3.63) is 29.3 Å². The molecule has 0 aliphatic heterocycles. The number of nitrogens with one attached hydrogen (secondary N) is 2. The number of carbonyl (C=O) groups is 3. The molecule has 0 radical (unpaired) electrons. The first-order valence-corrected chi connectivity index (χ1v) is 9.11. The average molecular weight is 377 g/mol. The highest BCUT2D eigenvalue weighted by atomic mass is 16.5. The van der Waals surface area contributed by atoms with Gasteiger partial charge in [-0.1, -0.05) is 38.5 Å². The summed E-state index contributed by atoms with van der Waals surface area (Å²) >= 11 is 0. The third kappa shape index (κ3) is 7.02. The minimum atomic E-state index is -0.690. The summed E-state index contributed by atoms with van der Waals surface area (Å²) in [6.45, 7) is 7.75. The van der Waals surface area contributed by atoms with E-state index in [9.17, 15) is 14.4 Å². The van der Waals surface area contributed by atoms with Gasteiger partial charge in [0.2, 0.25) is 11.8 Å². The van der Waals surface area contributed by atoms with Crippen LogP contribution in [0.4, 0.5) is 5.69 Å². The van der Waals surface area contributed by atoms with E-state index in [0.717, 1.165) is 23.2 Å². The fourth-order valence-electron chi connectivity index (χ4n) is 2.75. The van der Waals surface area contributed by atoms with Gasteiger partial charge in [0.25, 0.3) is 0 Å². The molecule has 1 aromatic rings. The highest BCUT2D eigenvalue weighted by Gasteiger charge is 2.27. The molecule has 0 bridgehead atoms. The summed E-state index contributed by atoms with van der Waals surface area (Å²) in [6, 6.07) is 5.11. The average Bonchev–Trinajstić information content (AvgIpc) is 2.61. The van der Waals surface area contributed by atoms with Gasteiger partial charge >= 0.3 is 5.97 Å². The molecule has 0 heterocycles. The van der Waals surface area contributed by atoms with E-state index < -0.39 is 12.0 Å². The van der Waals surface area contributed by atoms with Crippen LogP contribution in [0.5, 0.6) is 0 Å². The van der Waals surface area contributed by atoms with Gasteiger partial charge in [-0.3, -0.25) is 14.5 Å². The number of methoxy groups -OCH3 is 1. The van der Waals surface area contributed by atoms with E-state index in [2.05, 4.69) is 10.6 Å². The van der Waals surface area contributed by atoms with E-state index in [1.807, 2.05) is 45.9 Å². The molecule has 7 nitrogen and oxygen atoms in total. The number of benzene rings is 1. The lowest BCUT2D eigenvalue weighted by Gasteiger charge is -2.23. The molecule has 7 heteroatoms. The van der Waals surface area contributed by atoms with Gasteiger partial charge in [-0.2, -0.15) is 0 Å². The van der Waals surface area contributed by atoms with Gasteiger partial charge < -0.3 is 15.4 Å². The van der Waals surface area contributed by atoms with Crippen molar-refractivity contribution >= 4 is 23.5 Å². The van der Waals surface area contributed by atoms with Crippen LogP contribution in [0.15, 0.2) is 18.2 Å². The Balaban J connectivity index is 2.59. The first-order valence-electron chi connectivity index (χ1n) is 9.11. The topological polar surface area (TPSA) is 87.7 Å². The molecule has 2 amide bonds. The molecule has 1 aromatic carbocycles. The lowest BCUT2D eigenvalue weighted by atomic mass is 9.99. The summed E-state index contributed by atoms with van der Waals surface area (Å²) in [7, 11) is 2.98. The van der Waals surface area contributed by atoms with E-state index in [1.165, 1.54) is 7.11 Å². The van der Waals surface area contributed by atoms with Crippen LogP contribution in [0.1, 0.15) is 31.4 Å². The highest BCUT2D eigenvalue weighted by molar-refractivity contribution is 5.94. The van der Waals surface area contributed by atoms with Gasteiger partial charge in [-0.15, -0.1) is 0 Å². The zero-order valence-electron chi connectivity index (χ0n) is 17.1. The van der Waals surface area contributed by atoms with Crippen molar-refractivity contribution < 1.29 is 19.1 Å².